The molecule has 1 atom stereocenters. The van der Waals surface area contributed by atoms with Gasteiger partial charge >= 0.3 is 5.97 Å². The second kappa shape index (κ2) is 14.1. The van der Waals surface area contributed by atoms with E-state index in [4.69, 9.17) is 19.3 Å². The number of carbonyl (C=O) groups is 3. The molecule has 0 aliphatic heterocycles. The number of carboxylic acids is 1. The second-order valence-corrected chi connectivity index (χ2v) is 9.11. The third-order valence-electron chi connectivity index (χ3n) is 4.79. The van der Waals surface area contributed by atoms with Crippen molar-refractivity contribution >= 4 is 39.9 Å². The van der Waals surface area contributed by atoms with Gasteiger partial charge in [0.1, 0.15) is 11.8 Å². The number of hydrazone groups is 1. The lowest BCUT2D eigenvalue weighted by Gasteiger charge is -2.19. The van der Waals surface area contributed by atoms with Crippen LogP contribution in [0, 0.1) is 12.8 Å². The molecular weight excluding hydrogens is 534 g/mol. The number of aliphatic carboxylic acids is 1. The van der Waals surface area contributed by atoms with Gasteiger partial charge in [-0.1, -0.05) is 32.0 Å². The van der Waals surface area contributed by atoms with Crippen molar-refractivity contribution in [1.29, 1.82) is 0 Å². The van der Waals surface area contributed by atoms with E-state index in [0.717, 1.165) is 5.56 Å². The molecule has 0 saturated heterocycles. The molecule has 194 valence electrons. The highest BCUT2D eigenvalue weighted by molar-refractivity contribution is 9.10. The summed E-state index contributed by atoms with van der Waals surface area (Å²) in [6.45, 7) is 5.01. The Morgan fingerprint density at radius 1 is 1.11 bits per heavy atom. The summed E-state index contributed by atoms with van der Waals surface area (Å²) < 4.78 is 16.5. The number of benzene rings is 2. The van der Waals surface area contributed by atoms with Gasteiger partial charge in [-0.15, -0.1) is 0 Å². The van der Waals surface area contributed by atoms with E-state index in [-0.39, 0.29) is 24.0 Å². The van der Waals surface area contributed by atoms with Crippen LogP contribution in [0.2, 0.25) is 0 Å². The molecule has 0 saturated carbocycles. The van der Waals surface area contributed by atoms with Crippen molar-refractivity contribution in [3.8, 4) is 17.2 Å². The summed E-state index contributed by atoms with van der Waals surface area (Å²) in [5.74, 6) is -0.762. The molecule has 0 heterocycles. The zero-order valence-corrected chi connectivity index (χ0v) is 22.1. The average molecular weight is 564 g/mol. The lowest BCUT2D eigenvalue weighted by molar-refractivity contribution is -0.139. The van der Waals surface area contributed by atoms with Crippen molar-refractivity contribution in [3.05, 3.63) is 52.0 Å². The lowest BCUT2D eigenvalue weighted by atomic mass is 10.0. The summed E-state index contributed by atoms with van der Waals surface area (Å²) in [7, 11) is 1.42. The molecule has 0 bridgehead atoms. The summed E-state index contributed by atoms with van der Waals surface area (Å²) in [5.41, 5.74) is 3.90. The number of ether oxygens (including phenoxy) is 3. The predicted octanol–water partition coefficient (Wildman–Crippen LogP) is 3.29. The van der Waals surface area contributed by atoms with Crippen LogP contribution < -0.4 is 25.0 Å². The average Bonchev–Trinajstić information content (AvgIpc) is 2.81. The van der Waals surface area contributed by atoms with Gasteiger partial charge in [0.05, 0.1) is 17.8 Å². The number of rotatable bonds is 13. The van der Waals surface area contributed by atoms with Crippen LogP contribution in [-0.4, -0.2) is 55.5 Å². The molecular formula is C25H30BrN3O7. The molecule has 11 heteroatoms. The van der Waals surface area contributed by atoms with Crippen LogP contribution in [0.25, 0.3) is 0 Å². The minimum Gasteiger partial charge on any atom is -0.493 e. The Labute approximate surface area is 218 Å². The molecule has 10 nitrogen and oxygen atoms in total. The van der Waals surface area contributed by atoms with Crippen LogP contribution in [0.15, 0.2) is 46.0 Å². The minimum absolute atomic E-state index is 0.140. The number of hydrogen-bond donors (Lipinski definition) is 3. The fraction of sp³-hybridized carbons (Fsp3) is 0.360. The van der Waals surface area contributed by atoms with Crippen LogP contribution in [0.5, 0.6) is 17.2 Å². The van der Waals surface area contributed by atoms with Crippen molar-refractivity contribution in [2.45, 2.75) is 33.2 Å². The van der Waals surface area contributed by atoms with E-state index in [1.165, 1.54) is 13.3 Å². The third kappa shape index (κ3) is 9.21. The molecule has 36 heavy (non-hydrogen) atoms. The van der Waals surface area contributed by atoms with Gasteiger partial charge in [-0.25, -0.2) is 10.2 Å². The maximum Gasteiger partial charge on any atom is 0.341 e. The summed E-state index contributed by atoms with van der Waals surface area (Å²) in [5, 5.41) is 15.5. The molecule has 0 unspecified atom stereocenters. The monoisotopic (exact) mass is 563 g/mol. The van der Waals surface area contributed by atoms with Crippen LogP contribution in [0.4, 0.5) is 0 Å². The molecule has 0 aromatic heterocycles. The Kier molecular flexibility index (Phi) is 11.2. The number of carboxylic acid groups (broad SMARTS) is 1. The fourth-order valence-corrected chi connectivity index (χ4v) is 3.71. The van der Waals surface area contributed by atoms with Crippen LogP contribution in [0.1, 0.15) is 31.4 Å². The second-order valence-electron chi connectivity index (χ2n) is 8.25. The van der Waals surface area contributed by atoms with Crippen molar-refractivity contribution in [2.24, 2.45) is 11.0 Å². The summed E-state index contributed by atoms with van der Waals surface area (Å²) in [4.78, 5) is 36.0. The number of aryl methyl sites for hydroxylation is 1. The maximum absolute atomic E-state index is 12.7. The van der Waals surface area contributed by atoms with Gasteiger partial charge in [0.2, 0.25) is 0 Å². The van der Waals surface area contributed by atoms with Gasteiger partial charge in [-0.3, -0.25) is 9.59 Å². The Morgan fingerprint density at radius 2 is 1.83 bits per heavy atom. The summed E-state index contributed by atoms with van der Waals surface area (Å²) >= 11 is 3.32. The van der Waals surface area contributed by atoms with Crippen LogP contribution in [-0.2, 0) is 14.4 Å². The first-order chi connectivity index (χ1) is 17.1. The Balaban J connectivity index is 2.02. The first-order valence-electron chi connectivity index (χ1n) is 11.1. The van der Waals surface area contributed by atoms with E-state index in [1.807, 2.05) is 39.0 Å². The molecule has 3 N–H and O–H groups in total. The number of hydrogen-bond acceptors (Lipinski definition) is 7. The van der Waals surface area contributed by atoms with Crippen molar-refractivity contribution in [3.63, 3.8) is 0 Å². The van der Waals surface area contributed by atoms with E-state index in [1.54, 1.807) is 18.2 Å². The number of carbonyl (C=O) groups excluding carboxylic acids is 2. The molecule has 2 aromatic rings. The molecule has 0 aliphatic rings. The van der Waals surface area contributed by atoms with Gasteiger partial charge in [0, 0.05) is 0 Å². The van der Waals surface area contributed by atoms with Gasteiger partial charge in [-0.2, -0.15) is 5.10 Å². The SMILES string of the molecule is COc1cc(/C=N\NC(=O)[C@H](CC(C)C)NC(=O)COc2ccccc2C)cc(Br)c1OCC(=O)O. The van der Waals surface area contributed by atoms with Gasteiger partial charge < -0.3 is 24.6 Å². The number of nitrogens with one attached hydrogen (secondary N) is 2. The normalized spacial score (nSPS) is 11.7. The molecule has 0 spiro atoms. The van der Waals surface area contributed by atoms with E-state index in [0.29, 0.717) is 22.2 Å². The zero-order chi connectivity index (χ0) is 26.7. The highest BCUT2D eigenvalue weighted by Gasteiger charge is 2.22. The third-order valence-corrected chi connectivity index (χ3v) is 5.38. The standard InChI is InChI=1S/C25H30BrN3O7/c1-15(2)9-19(28-22(30)13-35-20-8-6-5-7-16(20)3)25(33)29-27-12-17-10-18(26)24(21(11-17)34-4)36-14-23(31)32/h5-8,10-12,15,19H,9,13-14H2,1-4H3,(H,28,30)(H,29,33)(H,31,32)/b27-12-/t19-/m0/s1. The zero-order valence-electron chi connectivity index (χ0n) is 20.5. The molecule has 0 fully saturated rings. The highest BCUT2D eigenvalue weighted by atomic mass is 79.9. The topological polar surface area (TPSA) is 136 Å². The highest BCUT2D eigenvalue weighted by Crippen LogP contribution is 2.36. The number of amides is 2. The lowest BCUT2D eigenvalue weighted by Crippen LogP contribution is -2.47. The number of nitrogens with zero attached hydrogens (tertiary/aromatic N) is 1. The molecule has 0 aliphatic carbocycles. The fourth-order valence-electron chi connectivity index (χ4n) is 3.14. The smallest absolute Gasteiger partial charge is 0.341 e. The predicted molar refractivity (Wildman–Crippen MR) is 138 cm³/mol. The van der Waals surface area contributed by atoms with E-state index < -0.39 is 30.4 Å². The minimum atomic E-state index is -1.12. The van der Waals surface area contributed by atoms with Crippen LogP contribution >= 0.6 is 15.9 Å². The van der Waals surface area contributed by atoms with Crippen molar-refractivity contribution in [1.82, 2.24) is 10.7 Å². The Morgan fingerprint density at radius 3 is 2.47 bits per heavy atom. The molecule has 2 rings (SSSR count). The van der Waals surface area contributed by atoms with Gasteiger partial charge in [-0.05, 0) is 64.5 Å². The largest absolute Gasteiger partial charge is 0.493 e. The van der Waals surface area contributed by atoms with E-state index >= 15 is 0 Å². The Hall–Kier alpha value is -3.60. The first-order valence-corrected chi connectivity index (χ1v) is 11.9. The maximum atomic E-state index is 12.7. The number of halogens is 1. The van der Waals surface area contributed by atoms with Crippen LogP contribution in [0.3, 0.4) is 0 Å². The summed E-state index contributed by atoms with van der Waals surface area (Å²) in [6.07, 6.45) is 1.80. The van der Waals surface area contributed by atoms with Crippen molar-refractivity contribution in [2.75, 3.05) is 20.3 Å². The van der Waals surface area contributed by atoms with E-state index in [9.17, 15) is 14.4 Å². The molecule has 0 radical (unpaired) electrons. The number of methoxy groups -OCH3 is 1. The first kappa shape index (κ1) is 28.6. The molecule has 2 aromatic carbocycles. The quantitative estimate of drug-likeness (QED) is 0.251. The van der Waals surface area contributed by atoms with E-state index in [2.05, 4.69) is 31.8 Å². The Bertz CT molecular complexity index is 1110. The van der Waals surface area contributed by atoms with Crippen molar-refractivity contribution < 1.29 is 33.7 Å². The summed E-state index contributed by atoms with van der Waals surface area (Å²) in [6, 6.07) is 9.75. The number of para-hydroxylation sites is 1. The van der Waals surface area contributed by atoms with Gasteiger partial charge in [0.25, 0.3) is 11.8 Å². The molecule has 2 amide bonds. The van der Waals surface area contributed by atoms with Gasteiger partial charge in [0.15, 0.2) is 24.7 Å².